The third-order valence-corrected chi connectivity index (χ3v) is 3.98. The number of aliphatic imine (C=N–C) groups is 1. The Hall–Kier alpha value is -2.50. The molecule has 2 aliphatic rings. The van der Waals surface area contributed by atoms with Gasteiger partial charge in [0.2, 0.25) is 0 Å². The Bertz CT molecular complexity index is 847. The lowest BCUT2D eigenvalue weighted by Gasteiger charge is -2.06. The molecule has 0 unspecified atom stereocenters. The van der Waals surface area contributed by atoms with Gasteiger partial charge in [-0.2, -0.15) is 10.5 Å². The standard InChI is InChI=1S/C16H8BrN3O/c17-10-4-5-11-13(6-10)16(21)12-3-1-2-9(7-18)14(8-19)20-15(11)12/h2,4-6H,1,3H2. The van der Waals surface area contributed by atoms with E-state index in [1.807, 2.05) is 24.3 Å². The minimum absolute atomic E-state index is 0.0452. The maximum atomic E-state index is 12.5. The Balaban J connectivity index is 2.24. The molecule has 0 bridgehead atoms. The van der Waals surface area contributed by atoms with E-state index in [1.54, 1.807) is 12.1 Å². The van der Waals surface area contributed by atoms with Crippen LogP contribution in [0.15, 0.2) is 44.9 Å². The average molecular weight is 338 g/mol. The summed E-state index contributed by atoms with van der Waals surface area (Å²) in [6.45, 7) is 0. The molecule has 3 rings (SSSR count). The summed E-state index contributed by atoms with van der Waals surface area (Å²) in [5.74, 6) is -0.0452. The molecule has 0 saturated heterocycles. The number of carbonyl (C=O) groups excluding carboxylic acids is 1. The van der Waals surface area contributed by atoms with Crippen LogP contribution in [0.5, 0.6) is 0 Å². The van der Waals surface area contributed by atoms with E-state index < -0.39 is 0 Å². The van der Waals surface area contributed by atoms with E-state index in [2.05, 4.69) is 20.9 Å². The highest BCUT2D eigenvalue weighted by atomic mass is 79.9. The average Bonchev–Trinajstić information content (AvgIpc) is 2.71. The summed E-state index contributed by atoms with van der Waals surface area (Å²) in [6, 6.07) is 9.35. The summed E-state index contributed by atoms with van der Waals surface area (Å²) in [7, 11) is 0. The molecule has 4 nitrogen and oxygen atoms in total. The fourth-order valence-electron chi connectivity index (χ4n) is 2.52. The van der Waals surface area contributed by atoms with Gasteiger partial charge < -0.3 is 0 Å². The SMILES string of the molecule is N#CC1=CCCC2=C(N=C1C#N)c1ccc(Br)cc1C2=O. The number of nitrogens with zero attached hydrogens (tertiary/aromatic N) is 3. The predicted octanol–water partition coefficient (Wildman–Crippen LogP) is 3.56. The van der Waals surface area contributed by atoms with Crippen molar-refractivity contribution in [2.45, 2.75) is 12.8 Å². The third-order valence-electron chi connectivity index (χ3n) is 3.49. The van der Waals surface area contributed by atoms with Gasteiger partial charge in [-0.15, -0.1) is 0 Å². The molecular weight excluding hydrogens is 330 g/mol. The van der Waals surface area contributed by atoms with Crippen molar-refractivity contribution in [2.75, 3.05) is 0 Å². The van der Waals surface area contributed by atoms with Gasteiger partial charge in [0.25, 0.3) is 0 Å². The lowest BCUT2D eigenvalue weighted by molar-refractivity contribution is 0.103. The van der Waals surface area contributed by atoms with Crippen LogP contribution >= 0.6 is 15.9 Å². The van der Waals surface area contributed by atoms with Crippen LogP contribution in [0.25, 0.3) is 5.70 Å². The highest BCUT2D eigenvalue weighted by Crippen LogP contribution is 2.38. The Morgan fingerprint density at radius 1 is 1.19 bits per heavy atom. The van der Waals surface area contributed by atoms with Crippen molar-refractivity contribution in [2.24, 2.45) is 4.99 Å². The van der Waals surface area contributed by atoms with Crippen molar-refractivity contribution >= 4 is 33.1 Å². The first kappa shape index (κ1) is 13.5. The lowest BCUT2D eigenvalue weighted by Crippen LogP contribution is -2.03. The number of Topliss-reactive ketones (excluding diaryl/α,β-unsaturated/α-hetero) is 1. The van der Waals surface area contributed by atoms with Crippen molar-refractivity contribution in [3.05, 3.63) is 51.0 Å². The number of fused-ring (bicyclic) bond motifs is 2. The molecule has 1 aliphatic carbocycles. The van der Waals surface area contributed by atoms with E-state index in [0.717, 1.165) is 10.0 Å². The van der Waals surface area contributed by atoms with Crippen LogP contribution in [0, 0.1) is 22.7 Å². The van der Waals surface area contributed by atoms with Crippen molar-refractivity contribution < 1.29 is 4.79 Å². The van der Waals surface area contributed by atoms with Crippen molar-refractivity contribution in [1.29, 1.82) is 10.5 Å². The summed E-state index contributed by atoms with van der Waals surface area (Å²) in [5.41, 5.74) is 2.79. The van der Waals surface area contributed by atoms with E-state index in [1.165, 1.54) is 0 Å². The molecular formula is C16H8BrN3O. The Labute approximate surface area is 129 Å². The van der Waals surface area contributed by atoms with Gasteiger partial charge in [0.15, 0.2) is 11.5 Å². The van der Waals surface area contributed by atoms with Gasteiger partial charge in [-0.25, -0.2) is 4.99 Å². The van der Waals surface area contributed by atoms with Crippen molar-refractivity contribution in [3.8, 4) is 12.1 Å². The van der Waals surface area contributed by atoms with Gasteiger partial charge in [0.1, 0.15) is 12.1 Å². The molecule has 0 amide bonds. The van der Waals surface area contributed by atoms with Crippen LogP contribution in [-0.4, -0.2) is 11.5 Å². The first-order chi connectivity index (χ1) is 10.2. The largest absolute Gasteiger partial charge is 0.289 e. The normalized spacial score (nSPS) is 16.8. The minimum atomic E-state index is -0.0452. The molecule has 0 radical (unpaired) electrons. The topological polar surface area (TPSA) is 77.0 Å². The molecule has 0 N–H and O–H groups in total. The lowest BCUT2D eigenvalue weighted by atomic mass is 10.0. The molecule has 0 fully saturated rings. The highest BCUT2D eigenvalue weighted by molar-refractivity contribution is 9.10. The van der Waals surface area contributed by atoms with E-state index in [4.69, 9.17) is 5.26 Å². The molecule has 5 heteroatoms. The molecule has 21 heavy (non-hydrogen) atoms. The number of nitriles is 2. The third kappa shape index (κ3) is 2.12. The molecule has 1 aliphatic heterocycles. The molecule has 1 heterocycles. The van der Waals surface area contributed by atoms with E-state index in [-0.39, 0.29) is 17.1 Å². The van der Waals surface area contributed by atoms with Gasteiger partial charge in [0.05, 0.1) is 11.3 Å². The summed E-state index contributed by atoms with van der Waals surface area (Å²) in [6.07, 6.45) is 2.73. The fraction of sp³-hybridized carbons (Fsp3) is 0.125. The minimum Gasteiger partial charge on any atom is -0.289 e. The maximum absolute atomic E-state index is 12.5. The molecule has 100 valence electrons. The number of halogens is 1. The van der Waals surface area contributed by atoms with Crippen LogP contribution in [0.1, 0.15) is 28.8 Å². The van der Waals surface area contributed by atoms with Crippen LogP contribution in [-0.2, 0) is 0 Å². The van der Waals surface area contributed by atoms with Crippen LogP contribution in [0.2, 0.25) is 0 Å². The molecule has 1 aromatic carbocycles. The Kier molecular flexibility index (Phi) is 3.29. The van der Waals surface area contributed by atoms with E-state index >= 15 is 0 Å². The number of hydrogen-bond acceptors (Lipinski definition) is 4. The number of carbonyl (C=O) groups is 1. The van der Waals surface area contributed by atoms with E-state index in [0.29, 0.717) is 29.7 Å². The summed E-state index contributed by atoms with van der Waals surface area (Å²) >= 11 is 3.36. The Morgan fingerprint density at radius 2 is 2.00 bits per heavy atom. The number of ketones is 1. The monoisotopic (exact) mass is 337 g/mol. The smallest absolute Gasteiger partial charge is 0.191 e. The Morgan fingerprint density at radius 3 is 2.71 bits per heavy atom. The summed E-state index contributed by atoms with van der Waals surface area (Å²) < 4.78 is 0.824. The number of benzene rings is 1. The second kappa shape index (κ2) is 5.12. The van der Waals surface area contributed by atoms with Crippen LogP contribution in [0.4, 0.5) is 0 Å². The van der Waals surface area contributed by atoms with Crippen LogP contribution < -0.4 is 0 Å². The fourth-order valence-corrected chi connectivity index (χ4v) is 2.88. The van der Waals surface area contributed by atoms with Crippen molar-refractivity contribution in [3.63, 3.8) is 0 Å². The van der Waals surface area contributed by atoms with Gasteiger partial charge >= 0.3 is 0 Å². The first-order valence-electron chi connectivity index (χ1n) is 6.33. The summed E-state index contributed by atoms with van der Waals surface area (Å²) in [5, 5.41) is 18.3. The zero-order valence-corrected chi connectivity index (χ0v) is 12.4. The summed E-state index contributed by atoms with van der Waals surface area (Å²) in [4.78, 5) is 16.8. The quantitative estimate of drug-likeness (QED) is 0.726. The second-order valence-electron chi connectivity index (χ2n) is 4.69. The maximum Gasteiger partial charge on any atom is 0.191 e. The zero-order valence-electron chi connectivity index (χ0n) is 10.9. The molecule has 0 aromatic heterocycles. The second-order valence-corrected chi connectivity index (χ2v) is 5.60. The highest BCUT2D eigenvalue weighted by Gasteiger charge is 2.30. The first-order valence-corrected chi connectivity index (χ1v) is 7.12. The van der Waals surface area contributed by atoms with Gasteiger partial charge in [-0.05, 0) is 25.0 Å². The number of rotatable bonds is 0. The van der Waals surface area contributed by atoms with E-state index in [9.17, 15) is 10.1 Å². The van der Waals surface area contributed by atoms with Gasteiger partial charge in [-0.3, -0.25) is 4.79 Å². The van der Waals surface area contributed by atoms with Gasteiger partial charge in [-0.1, -0.05) is 28.1 Å². The molecule has 0 spiro atoms. The number of allylic oxidation sites excluding steroid dienone is 3. The number of hydrogen-bond donors (Lipinski definition) is 0. The zero-order chi connectivity index (χ0) is 15.0. The molecule has 0 atom stereocenters. The van der Waals surface area contributed by atoms with Gasteiger partial charge in [0, 0.05) is 21.2 Å². The van der Waals surface area contributed by atoms with Crippen LogP contribution in [0.3, 0.4) is 0 Å². The molecule has 0 saturated carbocycles. The van der Waals surface area contributed by atoms with Crippen molar-refractivity contribution in [1.82, 2.24) is 0 Å². The predicted molar refractivity (Wildman–Crippen MR) is 81.4 cm³/mol. The molecule has 1 aromatic rings.